The van der Waals surface area contributed by atoms with E-state index in [0.29, 0.717) is 13.0 Å². The summed E-state index contributed by atoms with van der Waals surface area (Å²) < 4.78 is 1.75. The van der Waals surface area contributed by atoms with Gasteiger partial charge in [0.05, 0.1) is 6.04 Å². The minimum Gasteiger partial charge on any atom is -0.350 e. The van der Waals surface area contributed by atoms with Gasteiger partial charge in [0.2, 0.25) is 5.91 Å². The molecule has 2 rings (SSSR count). The number of pyridine rings is 1. The standard InChI is InChI=1S/C13H16N4O/c1-11(12-3-7-14-8-4-12)16-13(18)5-10-17-9-2-6-15-17/h2-4,6-9,11H,5,10H2,1H3,(H,16,18). The smallest absolute Gasteiger partial charge is 0.222 e. The van der Waals surface area contributed by atoms with Crippen LogP contribution in [0.25, 0.3) is 0 Å². The van der Waals surface area contributed by atoms with Gasteiger partial charge in [-0.3, -0.25) is 14.5 Å². The van der Waals surface area contributed by atoms with Crippen molar-refractivity contribution in [2.45, 2.75) is 25.9 Å². The van der Waals surface area contributed by atoms with Crippen LogP contribution in [0.15, 0.2) is 43.0 Å². The summed E-state index contributed by atoms with van der Waals surface area (Å²) in [6, 6.07) is 5.65. The zero-order chi connectivity index (χ0) is 12.8. The third kappa shape index (κ3) is 3.41. The van der Waals surface area contributed by atoms with Crippen LogP contribution in [-0.4, -0.2) is 20.7 Å². The summed E-state index contributed by atoms with van der Waals surface area (Å²) >= 11 is 0. The summed E-state index contributed by atoms with van der Waals surface area (Å²) in [5, 5.41) is 7.00. The molecule has 1 unspecified atom stereocenters. The Morgan fingerprint density at radius 2 is 2.17 bits per heavy atom. The van der Waals surface area contributed by atoms with E-state index in [1.165, 1.54) is 0 Å². The second-order valence-corrected chi connectivity index (χ2v) is 4.09. The fourth-order valence-electron chi connectivity index (χ4n) is 1.70. The average molecular weight is 244 g/mol. The Labute approximate surface area is 106 Å². The molecule has 0 aliphatic heterocycles. The number of carbonyl (C=O) groups excluding carboxylic acids is 1. The van der Waals surface area contributed by atoms with Gasteiger partial charge < -0.3 is 5.32 Å². The first-order valence-electron chi connectivity index (χ1n) is 5.92. The van der Waals surface area contributed by atoms with Crippen molar-refractivity contribution >= 4 is 5.91 Å². The lowest BCUT2D eigenvalue weighted by Crippen LogP contribution is -2.27. The van der Waals surface area contributed by atoms with Gasteiger partial charge in [-0.15, -0.1) is 0 Å². The van der Waals surface area contributed by atoms with Crippen molar-refractivity contribution in [1.82, 2.24) is 20.1 Å². The monoisotopic (exact) mass is 244 g/mol. The third-order valence-corrected chi connectivity index (χ3v) is 2.71. The number of aryl methyl sites for hydroxylation is 1. The molecule has 18 heavy (non-hydrogen) atoms. The van der Waals surface area contributed by atoms with E-state index in [0.717, 1.165) is 5.56 Å². The zero-order valence-electron chi connectivity index (χ0n) is 10.3. The molecule has 0 spiro atoms. The second kappa shape index (κ2) is 5.95. The first kappa shape index (κ1) is 12.3. The molecular weight excluding hydrogens is 228 g/mol. The van der Waals surface area contributed by atoms with E-state index in [1.807, 2.05) is 31.3 Å². The van der Waals surface area contributed by atoms with Crippen molar-refractivity contribution in [2.24, 2.45) is 0 Å². The summed E-state index contributed by atoms with van der Waals surface area (Å²) in [5.41, 5.74) is 1.05. The summed E-state index contributed by atoms with van der Waals surface area (Å²) in [6.07, 6.45) is 7.43. The number of nitrogens with zero attached hydrogens (tertiary/aromatic N) is 3. The van der Waals surface area contributed by atoms with E-state index >= 15 is 0 Å². The Balaban J connectivity index is 1.80. The van der Waals surface area contributed by atoms with E-state index < -0.39 is 0 Å². The lowest BCUT2D eigenvalue weighted by Gasteiger charge is -2.13. The van der Waals surface area contributed by atoms with Crippen molar-refractivity contribution in [3.8, 4) is 0 Å². The van der Waals surface area contributed by atoms with Crippen LogP contribution in [-0.2, 0) is 11.3 Å². The van der Waals surface area contributed by atoms with E-state index in [1.54, 1.807) is 23.3 Å². The molecule has 0 bridgehead atoms. The Morgan fingerprint density at radius 1 is 1.39 bits per heavy atom. The van der Waals surface area contributed by atoms with Crippen molar-refractivity contribution < 1.29 is 4.79 Å². The molecular formula is C13H16N4O. The summed E-state index contributed by atoms with van der Waals surface area (Å²) in [5.74, 6) is 0.0230. The van der Waals surface area contributed by atoms with Gasteiger partial charge in [-0.1, -0.05) is 0 Å². The lowest BCUT2D eigenvalue weighted by atomic mass is 10.1. The molecule has 0 saturated carbocycles. The van der Waals surface area contributed by atoms with E-state index in [9.17, 15) is 4.79 Å². The second-order valence-electron chi connectivity index (χ2n) is 4.09. The molecule has 5 heteroatoms. The van der Waals surface area contributed by atoms with Crippen LogP contribution in [0.2, 0.25) is 0 Å². The van der Waals surface area contributed by atoms with Crippen molar-refractivity contribution in [3.05, 3.63) is 48.5 Å². The third-order valence-electron chi connectivity index (χ3n) is 2.71. The minimum atomic E-state index is -0.00174. The SMILES string of the molecule is CC(NC(=O)CCn1cccn1)c1ccncc1. The van der Waals surface area contributed by atoms with Crippen LogP contribution in [0.1, 0.15) is 24.9 Å². The predicted molar refractivity (Wildman–Crippen MR) is 67.6 cm³/mol. The number of aromatic nitrogens is 3. The van der Waals surface area contributed by atoms with Gasteiger partial charge in [0.1, 0.15) is 0 Å². The van der Waals surface area contributed by atoms with E-state index in [-0.39, 0.29) is 11.9 Å². The Hall–Kier alpha value is -2.17. The van der Waals surface area contributed by atoms with Crippen molar-refractivity contribution in [1.29, 1.82) is 0 Å². The van der Waals surface area contributed by atoms with Gasteiger partial charge in [-0.05, 0) is 30.7 Å². The number of amides is 1. The van der Waals surface area contributed by atoms with Gasteiger partial charge in [0, 0.05) is 37.8 Å². The molecule has 94 valence electrons. The number of nitrogens with one attached hydrogen (secondary N) is 1. The molecule has 0 radical (unpaired) electrons. The Kier molecular flexibility index (Phi) is 4.06. The van der Waals surface area contributed by atoms with Crippen LogP contribution in [0.4, 0.5) is 0 Å². The van der Waals surface area contributed by atoms with Crippen LogP contribution in [0.5, 0.6) is 0 Å². The van der Waals surface area contributed by atoms with Crippen molar-refractivity contribution in [2.75, 3.05) is 0 Å². The fraction of sp³-hybridized carbons (Fsp3) is 0.308. The van der Waals surface area contributed by atoms with Crippen LogP contribution < -0.4 is 5.32 Å². The van der Waals surface area contributed by atoms with Gasteiger partial charge >= 0.3 is 0 Å². The first-order chi connectivity index (χ1) is 8.75. The van der Waals surface area contributed by atoms with Crippen LogP contribution in [0.3, 0.4) is 0 Å². The van der Waals surface area contributed by atoms with Crippen molar-refractivity contribution in [3.63, 3.8) is 0 Å². The molecule has 0 aliphatic carbocycles. The summed E-state index contributed by atoms with van der Waals surface area (Å²) in [7, 11) is 0. The Morgan fingerprint density at radius 3 is 2.83 bits per heavy atom. The highest BCUT2D eigenvalue weighted by atomic mass is 16.1. The largest absolute Gasteiger partial charge is 0.350 e. The molecule has 2 heterocycles. The van der Waals surface area contributed by atoms with E-state index in [4.69, 9.17) is 0 Å². The number of hydrogen-bond acceptors (Lipinski definition) is 3. The highest BCUT2D eigenvalue weighted by molar-refractivity contribution is 5.76. The maximum absolute atomic E-state index is 11.8. The molecule has 2 aromatic rings. The van der Waals surface area contributed by atoms with Gasteiger partial charge in [-0.2, -0.15) is 5.10 Å². The summed E-state index contributed by atoms with van der Waals surface area (Å²) in [4.78, 5) is 15.7. The molecule has 5 nitrogen and oxygen atoms in total. The van der Waals surface area contributed by atoms with Gasteiger partial charge in [0.15, 0.2) is 0 Å². The predicted octanol–water partition coefficient (Wildman–Crippen LogP) is 1.55. The maximum atomic E-state index is 11.8. The molecule has 0 fully saturated rings. The zero-order valence-corrected chi connectivity index (χ0v) is 10.3. The van der Waals surface area contributed by atoms with Crippen LogP contribution in [0, 0.1) is 0 Å². The molecule has 0 aromatic carbocycles. The molecule has 0 saturated heterocycles. The highest BCUT2D eigenvalue weighted by Crippen LogP contribution is 2.10. The lowest BCUT2D eigenvalue weighted by molar-refractivity contribution is -0.122. The number of carbonyl (C=O) groups is 1. The molecule has 2 aromatic heterocycles. The van der Waals surface area contributed by atoms with Gasteiger partial charge in [-0.25, -0.2) is 0 Å². The molecule has 1 N–H and O–H groups in total. The molecule has 0 aliphatic rings. The van der Waals surface area contributed by atoms with E-state index in [2.05, 4.69) is 15.4 Å². The average Bonchev–Trinajstić information content (AvgIpc) is 2.90. The summed E-state index contributed by atoms with van der Waals surface area (Å²) in [6.45, 7) is 2.56. The number of rotatable bonds is 5. The maximum Gasteiger partial charge on any atom is 0.222 e. The molecule has 1 atom stereocenters. The van der Waals surface area contributed by atoms with Crippen LogP contribution >= 0.6 is 0 Å². The normalized spacial score (nSPS) is 12.1. The highest BCUT2D eigenvalue weighted by Gasteiger charge is 2.09. The minimum absolute atomic E-state index is 0.00174. The fourth-order valence-corrected chi connectivity index (χ4v) is 1.70. The number of hydrogen-bond donors (Lipinski definition) is 1. The Bertz CT molecular complexity index is 481. The van der Waals surface area contributed by atoms with Gasteiger partial charge in [0.25, 0.3) is 0 Å². The quantitative estimate of drug-likeness (QED) is 0.868. The first-order valence-corrected chi connectivity index (χ1v) is 5.92. The topological polar surface area (TPSA) is 59.8 Å². The molecule has 1 amide bonds.